The number of H-pyrrole nitrogens is 1. The second-order valence-corrected chi connectivity index (χ2v) is 7.78. The first-order valence-electron chi connectivity index (χ1n) is 8.15. The molecule has 0 saturated heterocycles. The van der Waals surface area contributed by atoms with Crippen molar-refractivity contribution in [2.24, 2.45) is 0 Å². The molecular formula is C18H14F3N3O4S. The fraction of sp³-hybridized carbons (Fsp3) is 0.111. The molecule has 0 saturated carbocycles. The summed E-state index contributed by atoms with van der Waals surface area (Å²) in [5.74, 6) is -0.640. The fourth-order valence-electron chi connectivity index (χ4n) is 2.51. The van der Waals surface area contributed by atoms with E-state index in [0.717, 1.165) is 12.1 Å². The lowest BCUT2D eigenvalue weighted by Crippen LogP contribution is -2.33. The maximum atomic E-state index is 12.4. The molecule has 3 N–H and O–H groups in total. The Hall–Kier alpha value is -3.18. The van der Waals surface area contributed by atoms with Crippen molar-refractivity contribution in [3.05, 3.63) is 70.6 Å². The maximum Gasteiger partial charge on any atom is 0.402 e. The zero-order chi connectivity index (χ0) is 21.2. The van der Waals surface area contributed by atoms with Crippen molar-refractivity contribution in [1.82, 2.24) is 9.71 Å². The van der Waals surface area contributed by atoms with E-state index in [1.165, 1.54) is 22.9 Å². The van der Waals surface area contributed by atoms with E-state index in [9.17, 15) is 31.2 Å². The van der Waals surface area contributed by atoms with Crippen LogP contribution in [0.3, 0.4) is 0 Å². The smallest absolute Gasteiger partial charge is 0.321 e. The van der Waals surface area contributed by atoms with Crippen LogP contribution in [-0.2, 0) is 10.0 Å². The zero-order valence-corrected chi connectivity index (χ0v) is 15.4. The normalized spacial score (nSPS) is 12.1. The van der Waals surface area contributed by atoms with Crippen molar-refractivity contribution in [1.29, 1.82) is 0 Å². The van der Waals surface area contributed by atoms with Gasteiger partial charge in [-0.2, -0.15) is 13.2 Å². The van der Waals surface area contributed by atoms with Crippen LogP contribution in [0.25, 0.3) is 10.8 Å². The van der Waals surface area contributed by atoms with Crippen LogP contribution in [0.5, 0.6) is 0 Å². The highest BCUT2D eigenvalue weighted by Crippen LogP contribution is 2.18. The molecule has 0 unspecified atom stereocenters. The second kappa shape index (κ2) is 7.68. The van der Waals surface area contributed by atoms with Crippen LogP contribution in [0.15, 0.2) is 64.3 Å². The summed E-state index contributed by atoms with van der Waals surface area (Å²) in [7, 11) is -4.35. The summed E-state index contributed by atoms with van der Waals surface area (Å²) < 4.78 is 61.8. The number of aromatic nitrogens is 1. The number of pyridine rings is 1. The number of benzene rings is 2. The third-order valence-corrected chi connectivity index (χ3v) is 5.30. The Labute approximate surface area is 162 Å². The van der Waals surface area contributed by atoms with Gasteiger partial charge in [-0.05, 0) is 41.8 Å². The van der Waals surface area contributed by atoms with Gasteiger partial charge in [0.1, 0.15) is 12.2 Å². The van der Waals surface area contributed by atoms with E-state index in [1.807, 2.05) is 0 Å². The molecule has 0 atom stereocenters. The number of carbonyl (C=O) groups excluding carboxylic acids is 1. The summed E-state index contributed by atoms with van der Waals surface area (Å²) in [6.45, 7) is -1.69. The number of hydrogen-bond donors (Lipinski definition) is 3. The summed E-state index contributed by atoms with van der Waals surface area (Å²) in [5, 5.41) is 3.47. The summed E-state index contributed by atoms with van der Waals surface area (Å²) in [6.07, 6.45) is -4.68. The van der Waals surface area contributed by atoms with Gasteiger partial charge in [0, 0.05) is 11.1 Å². The molecule has 2 aromatic carbocycles. The summed E-state index contributed by atoms with van der Waals surface area (Å²) in [6, 6.07) is 12.7. The van der Waals surface area contributed by atoms with Crippen molar-refractivity contribution < 1.29 is 26.4 Å². The molecular weight excluding hydrogens is 411 g/mol. The molecule has 3 aromatic rings. The number of carbonyl (C=O) groups is 1. The number of hydrogen-bond acceptors (Lipinski definition) is 4. The number of sulfonamides is 1. The molecule has 0 aliphatic heterocycles. The molecule has 7 nitrogen and oxygen atoms in total. The SMILES string of the molecule is O=C(Nc1ccc(S(=O)(=O)NCC(F)(F)F)cc1)c1cc2ccccc2c(=O)[nH]1. The third kappa shape index (κ3) is 5.00. The average molecular weight is 425 g/mol. The molecule has 0 spiro atoms. The van der Waals surface area contributed by atoms with Gasteiger partial charge in [0.05, 0.1) is 4.90 Å². The first-order chi connectivity index (χ1) is 13.5. The Balaban J connectivity index is 1.76. The van der Waals surface area contributed by atoms with Crippen LogP contribution >= 0.6 is 0 Å². The highest BCUT2D eigenvalue weighted by atomic mass is 32.2. The Morgan fingerprint density at radius 1 is 1.03 bits per heavy atom. The van der Waals surface area contributed by atoms with Gasteiger partial charge < -0.3 is 10.3 Å². The Bertz CT molecular complexity index is 1220. The molecule has 1 heterocycles. The van der Waals surface area contributed by atoms with Gasteiger partial charge in [-0.1, -0.05) is 18.2 Å². The molecule has 11 heteroatoms. The summed E-state index contributed by atoms with van der Waals surface area (Å²) in [4.78, 5) is 26.5. The summed E-state index contributed by atoms with van der Waals surface area (Å²) in [5.41, 5.74) is -0.249. The number of anilines is 1. The van der Waals surface area contributed by atoms with Crippen LogP contribution < -0.4 is 15.6 Å². The summed E-state index contributed by atoms with van der Waals surface area (Å²) >= 11 is 0. The predicted octanol–water partition coefficient (Wildman–Crippen LogP) is 2.62. The number of amides is 1. The van der Waals surface area contributed by atoms with E-state index >= 15 is 0 Å². The highest BCUT2D eigenvalue weighted by Gasteiger charge is 2.30. The largest absolute Gasteiger partial charge is 0.402 e. The van der Waals surface area contributed by atoms with Gasteiger partial charge in [0.25, 0.3) is 11.5 Å². The van der Waals surface area contributed by atoms with Crippen LogP contribution in [0.2, 0.25) is 0 Å². The third-order valence-electron chi connectivity index (χ3n) is 3.88. The van der Waals surface area contributed by atoms with Gasteiger partial charge in [-0.15, -0.1) is 0 Å². The van der Waals surface area contributed by atoms with Gasteiger partial charge in [0.2, 0.25) is 10.0 Å². The molecule has 0 aliphatic carbocycles. The molecule has 0 bridgehead atoms. The average Bonchev–Trinajstić information content (AvgIpc) is 2.66. The Morgan fingerprint density at radius 2 is 1.69 bits per heavy atom. The Kier molecular flexibility index (Phi) is 5.44. The number of fused-ring (bicyclic) bond motifs is 1. The van der Waals surface area contributed by atoms with E-state index in [2.05, 4.69) is 10.3 Å². The lowest BCUT2D eigenvalue weighted by molar-refractivity contribution is -0.121. The van der Waals surface area contributed by atoms with E-state index in [1.54, 1.807) is 24.3 Å². The van der Waals surface area contributed by atoms with Gasteiger partial charge in [-0.25, -0.2) is 13.1 Å². The van der Waals surface area contributed by atoms with E-state index in [4.69, 9.17) is 0 Å². The van der Waals surface area contributed by atoms with Gasteiger partial charge >= 0.3 is 6.18 Å². The number of alkyl halides is 3. The number of halogens is 3. The number of rotatable bonds is 5. The van der Waals surface area contributed by atoms with Crippen molar-refractivity contribution in [2.45, 2.75) is 11.1 Å². The molecule has 152 valence electrons. The standard InChI is InChI=1S/C18H14F3N3O4S/c19-18(20,21)10-22-29(27,28)13-7-5-12(6-8-13)23-17(26)15-9-11-3-1-2-4-14(11)16(25)24-15/h1-9,22H,10H2,(H,23,26)(H,24,25). The monoisotopic (exact) mass is 425 g/mol. The molecule has 29 heavy (non-hydrogen) atoms. The quantitative estimate of drug-likeness (QED) is 0.584. The topological polar surface area (TPSA) is 108 Å². The molecule has 0 fully saturated rings. The second-order valence-electron chi connectivity index (χ2n) is 6.02. The molecule has 1 aromatic heterocycles. The van der Waals surface area contributed by atoms with Crippen LogP contribution in [-0.4, -0.2) is 32.0 Å². The van der Waals surface area contributed by atoms with Crippen LogP contribution in [0.1, 0.15) is 10.5 Å². The van der Waals surface area contributed by atoms with Gasteiger partial charge in [0.15, 0.2) is 0 Å². The lowest BCUT2D eigenvalue weighted by atomic mass is 10.1. The minimum Gasteiger partial charge on any atom is -0.321 e. The predicted molar refractivity (Wildman–Crippen MR) is 100 cm³/mol. The number of aromatic amines is 1. The van der Waals surface area contributed by atoms with Crippen molar-refractivity contribution in [3.63, 3.8) is 0 Å². The van der Waals surface area contributed by atoms with E-state index in [-0.39, 0.29) is 16.3 Å². The van der Waals surface area contributed by atoms with Gasteiger partial charge in [-0.3, -0.25) is 9.59 Å². The van der Waals surface area contributed by atoms with E-state index < -0.39 is 34.2 Å². The highest BCUT2D eigenvalue weighted by molar-refractivity contribution is 7.89. The molecule has 1 amide bonds. The first kappa shape index (κ1) is 20.6. The maximum absolute atomic E-state index is 12.4. The van der Waals surface area contributed by atoms with E-state index in [0.29, 0.717) is 10.8 Å². The minimum absolute atomic E-state index is 0.00255. The molecule has 0 radical (unpaired) electrons. The van der Waals surface area contributed by atoms with Crippen molar-refractivity contribution in [3.8, 4) is 0 Å². The Morgan fingerprint density at radius 3 is 2.34 bits per heavy atom. The number of nitrogens with one attached hydrogen (secondary N) is 3. The van der Waals surface area contributed by atoms with Crippen molar-refractivity contribution >= 4 is 32.4 Å². The lowest BCUT2D eigenvalue weighted by Gasteiger charge is -2.10. The molecule has 3 rings (SSSR count). The molecule has 0 aliphatic rings. The fourth-order valence-corrected chi connectivity index (χ4v) is 3.52. The minimum atomic E-state index is -4.68. The van der Waals surface area contributed by atoms with Crippen LogP contribution in [0.4, 0.5) is 18.9 Å². The van der Waals surface area contributed by atoms with Crippen LogP contribution in [0, 0.1) is 0 Å². The first-order valence-corrected chi connectivity index (χ1v) is 9.63. The van der Waals surface area contributed by atoms with Crippen molar-refractivity contribution in [2.75, 3.05) is 11.9 Å². The zero-order valence-electron chi connectivity index (χ0n) is 14.6.